The molecule has 2 rings (SSSR count). The highest BCUT2D eigenvalue weighted by atomic mass is 16.5. The predicted octanol–water partition coefficient (Wildman–Crippen LogP) is 2.08. The first kappa shape index (κ1) is 13.9. The van der Waals surface area contributed by atoms with E-state index in [1.165, 1.54) is 7.11 Å². The van der Waals surface area contributed by atoms with Crippen molar-refractivity contribution in [2.24, 2.45) is 5.92 Å². The van der Waals surface area contributed by atoms with Crippen LogP contribution in [-0.2, 0) is 16.1 Å². The third kappa shape index (κ3) is 3.47. The van der Waals surface area contributed by atoms with Crippen LogP contribution in [0.15, 0.2) is 24.3 Å². The summed E-state index contributed by atoms with van der Waals surface area (Å²) in [4.78, 5) is 13.9. The summed E-state index contributed by atoms with van der Waals surface area (Å²) in [7, 11) is 5.09. The molecule has 4 nitrogen and oxygen atoms in total. The maximum Gasteiger partial charge on any atom is 0.323 e. The zero-order valence-electron chi connectivity index (χ0n) is 11.8. The van der Waals surface area contributed by atoms with Crippen LogP contribution in [0.5, 0.6) is 5.75 Å². The molecule has 19 heavy (non-hydrogen) atoms. The van der Waals surface area contributed by atoms with Crippen LogP contribution >= 0.6 is 0 Å². The highest BCUT2D eigenvalue weighted by molar-refractivity contribution is 5.76. The Morgan fingerprint density at radius 3 is 2.42 bits per heavy atom. The third-order valence-electron chi connectivity index (χ3n) is 3.58. The van der Waals surface area contributed by atoms with Crippen LogP contribution in [-0.4, -0.2) is 38.2 Å². The lowest BCUT2D eigenvalue weighted by atomic mass is 10.1. The summed E-state index contributed by atoms with van der Waals surface area (Å²) < 4.78 is 10.0. The molecule has 0 amide bonds. The molecule has 0 radical (unpaired) electrons. The molecule has 0 N–H and O–H groups in total. The first-order chi connectivity index (χ1) is 9.15. The van der Waals surface area contributed by atoms with Gasteiger partial charge in [-0.15, -0.1) is 0 Å². The van der Waals surface area contributed by atoms with Gasteiger partial charge in [0.25, 0.3) is 0 Å². The molecular weight excluding hydrogens is 242 g/mol. The van der Waals surface area contributed by atoms with Crippen LogP contribution in [0, 0.1) is 5.92 Å². The lowest BCUT2D eigenvalue weighted by molar-refractivity contribution is -0.147. The van der Waals surface area contributed by atoms with E-state index in [1.54, 1.807) is 7.11 Å². The Balaban J connectivity index is 2.01. The van der Waals surface area contributed by atoms with Crippen molar-refractivity contribution < 1.29 is 14.3 Å². The topological polar surface area (TPSA) is 38.8 Å². The van der Waals surface area contributed by atoms with Gasteiger partial charge in [0.15, 0.2) is 0 Å². The number of rotatable bonds is 6. The number of esters is 1. The van der Waals surface area contributed by atoms with Crippen LogP contribution in [0.25, 0.3) is 0 Å². The van der Waals surface area contributed by atoms with E-state index in [0.29, 0.717) is 5.92 Å². The molecule has 1 aliphatic carbocycles. The van der Waals surface area contributed by atoms with E-state index < -0.39 is 0 Å². The minimum absolute atomic E-state index is 0.118. The van der Waals surface area contributed by atoms with E-state index in [-0.39, 0.29) is 12.0 Å². The Morgan fingerprint density at radius 1 is 1.32 bits per heavy atom. The van der Waals surface area contributed by atoms with Gasteiger partial charge in [0.05, 0.1) is 14.2 Å². The Morgan fingerprint density at radius 2 is 1.95 bits per heavy atom. The number of nitrogens with zero attached hydrogens (tertiary/aromatic N) is 1. The van der Waals surface area contributed by atoms with Gasteiger partial charge < -0.3 is 9.47 Å². The molecule has 0 aromatic heterocycles. The second-order valence-electron chi connectivity index (χ2n) is 5.07. The van der Waals surface area contributed by atoms with Crippen molar-refractivity contribution in [2.45, 2.75) is 25.4 Å². The summed E-state index contributed by atoms with van der Waals surface area (Å²) in [6.07, 6.45) is 2.24. The predicted molar refractivity (Wildman–Crippen MR) is 73.0 cm³/mol. The van der Waals surface area contributed by atoms with Crippen molar-refractivity contribution in [3.63, 3.8) is 0 Å². The van der Waals surface area contributed by atoms with Crippen molar-refractivity contribution in [1.82, 2.24) is 4.90 Å². The molecule has 0 saturated heterocycles. The van der Waals surface area contributed by atoms with Crippen LogP contribution in [0.3, 0.4) is 0 Å². The van der Waals surface area contributed by atoms with Gasteiger partial charge in [-0.05, 0) is 43.5 Å². The van der Waals surface area contributed by atoms with Gasteiger partial charge in [-0.25, -0.2) is 0 Å². The van der Waals surface area contributed by atoms with E-state index >= 15 is 0 Å². The van der Waals surface area contributed by atoms with Crippen LogP contribution in [0.1, 0.15) is 18.4 Å². The molecule has 4 heteroatoms. The zero-order valence-corrected chi connectivity index (χ0v) is 11.8. The number of benzene rings is 1. The standard InChI is InChI=1S/C15H21NO3/c1-16(14(12-6-7-12)15(17)19-3)10-11-4-8-13(18-2)9-5-11/h4-5,8-9,12,14H,6-7,10H2,1-3H3. The molecule has 1 fully saturated rings. The second-order valence-corrected chi connectivity index (χ2v) is 5.07. The van der Waals surface area contributed by atoms with Gasteiger partial charge in [0, 0.05) is 6.54 Å². The summed E-state index contributed by atoms with van der Waals surface area (Å²) >= 11 is 0. The Bertz CT molecular complexity index is 426. The molecule has 0 spiro atoms. The number of ether oxygens (including phenoxy) is 2. The number of hydrogen-bond acceptors (Lipinski definition) is 4. The fourth-order valence-electron chi connectivity index (χ4n) is 2.38. The van der Waals surface area contributed by atoms with E-state index in [0.717, 1.165) is 30.7 Å². The molecule has 104 valence electrons. The van der Waals surface area contributed by atoms with Gasteiger partial charge in [-0.2, -0.15) is 0 Å². The first-order valence-corrected chi connectivity index (χ1v) is 6.56. The fraction of sp³-hybridized carbons (Fsp3) is 0.533. The maximum absolute atomic E-state index is 11.8. The molecule has 0 heterocycles. The number of likely N-dealkylation sites (N-methyl/N-ethyl adjacent to an activating group) is 1. The lowest BCUT2D eigenvalue weighted by Gasteiger charge is -2.25. The van der Waals surface area contributed by atoms with Crippen molar-refractivity contribution >= 4 is 5.97 Å². The van der Waals surface area contributed by atoms with Crippen LogP contribution < -0.4 is 4.74 Å². The quantitative estimate of drug-likeness (QED) is 0.737. The van der Waals surface area contributed by atoms with Crippen molar-refractivity contribution in [3.8, 4) is 5.75 Å². The van der Waals surface area contributed by atoms with Crippen LogP contribution in [0.4, 0.5) is 0 Å². The maximum atomic E-state index is 11.8. The number of hydrogen-bond donors (Lipinski definition) is 0. The van der Waals surface area contributed by atoms with E-state index in [4.69, 9.17) is 9.47 Å². The van der Waals surface area contributed by atoms with Gasteiger partial charge in [0.2, 0.25) is 0 Å². The summed E-state index contributed by atoms with van der Waals surface area (Å²) in [5.74, 6) is 1.17. The average Bonchev–Trinajstić information content (AvgIpc) is 3.24. The summed E-state index contributed by atoms with van der Waals surface area (Å²) in [5, 5.41) is 0. The SMILES string of the molecule is COC(=O)C(C1CC1)N(C)Cc1ccc(OC)cc1. The third-order valence-corrected chi connectivity index (χ3v) is 3.58. The van der Waals surface area contributed by atoms with Crippen molar-refractivity contribution in [2.75, 3.05) is 21.3 Å². The fourth-order valence-corrected chi connectivity index (χ4v) is 2.38. The van der Waals surface area contributed by atoms with Crippen LogP contribution in [0.2, 0.25) is 0 Å². The molecule has 0 aliphatic heterocycles. The smallest absolute Gasteiger partial charge is 0.323 e. The molecule has 1 aromatic carbocycles. The molecule has 1 unspecified atom stereocenters. The Hall–Kier alpha value is -1.55. The Kier molecular flexibility index (Phi) is 4.43. The monoisotopic (exact) mass is 263 g/mol. The lowest BCUT2D eigenvalue weighted by Crippen LogP contribution is -2.40. The largest absolute Gasteiger partial charge is 0.497 e. The highest BCUT2D eigenvalue weighted by Crippen LogP contribution is 2.36. The average molecular weight is 263 g/mol. The summed E-state index contributed by atoms with van der Waals surface area (Å²) in [6.45, 7) is 0.736. The molecule has 1 saturated carbocycles. The molecular formula is C15H21NO3. The van der Waals surface area contributed by atoms with Crippen molar-refractivity contribution in [1.29, 1.82) is 0 Å². The van der Waals surface area contributed by atoms with E-state index in [9.17, 15) is 4.79 Å². The van der Waals surface area contributed by atoms with Gasteiger partial charge in [-0.1, -0.05) is 12.1 Å². The summed E-state index contributed by atoms with van der Waals surface area (Å²) in [6, 6.07) is 7.81. The van der Waals surface area contributed by atoms with Gasteiger partial charge in [-0.3, -0.25) is 9.69 Å². The summed E-state index contributed by atoms with van der Waals surface area (Å²) in [5.41, 5.74) is 1.16. The number of methoxy groups -OCH3 is 2. The molecule has 0 bridgehead atoms. The zero-order chi connectivity index (χ0) is 13.8. The minimum atomic E-state index is -0.126. The first-order valence-electron chi connectivity index (χ1n) is 6.56. The molecule has 1 aliphatic rings. The normalized spacial score (nSPS) is 16.2. The molecule has 1 aromatic rings. The Labute approximate surface area is 114 Å². The van der Waals surface area contributed by atoms with Crippen molar-refractivity contribution in [3.05, 3.63) is 29.8 Å². The number of carbonyl (C=O) groups is 1. The molecule has 1 atom stereocenters. The minimum Gasteiger partial charge on any atom is -0.497 e. The number of carbonyl (C=O) groups excluding carboxylic acids is 1. The highest BCUT2D eigenvalue weighted by Gasteiger charge is 2.39. The second kappa shape index (κ2) is 6.06. The van der Waals surface area contributed by atoms with E-state index in [1.807, 2.05) is 31.3 Å². The van der Waals surface area contributed by atoms with Gasteiger partial charge >= 0.3 is 5.97 Å². The van der Waals surface area contributed by atoms with Gasteiger partial charge in [0.1, 0.15) is 11.8 Å². The van der Waals surface area contributed by atoms with E-state index in [2.05, 4.69) is 4.90 Å².